The Labute approximate surface area is 148 Å². The first-order valence-corrected chi connectivity index (χ1v) is 7.34. The molecule has 0 atom stereocenters. The predicted octanol–water partition coefficient (Wildman–Crippen LogP) is 2.23. The lowest BCUT2D eigenvalue weighted by molar-refractivity contribution is -0.385. The molecule has 0 aliphatic carbocycles. The van der Waals surface area contributed by atoms with Crippen molar-refractivity contribution in [1.82, 2.24) is 0 Å². The smallest absolute Gasteiger partial charge is 0.340 e. The van der Waals surface area contributed by atoms with Gasteiger partial charge in [0, 0.05) is 18.2 Å². The standard InChI is InChI=1S/C17H16N2O7/c1-24-15-7-11(12(18)8-16(15)25-2)17(21)26-9-14(20)10-5-3-4-6-13(10)19(22)23/h3-8H,9,18H2,1-2H3. The van der Waals surface area contributed by atoms with Gasteiger partial charge in [0.25, 0.3) is 5.69 Å². The molecule has 0 aliphatic heterocycles. The van der Waals surface area contributed by atoms with Crippen molar-refractivity contribution in [2.75, 3.05) is 26.6 Å². The van der Waals surface area contributed by atoms with Crippen molar-refractivity contribution < 1.29 is 28.7 Å². The van der Waals surface area contributed by atoms with E-state index in [9.17, 15) is 19.7 Å². The summed E-state index contributed by atoms with van der Waals surface area (Å²) in [6.07, 6.45) is 0. The number of anilines is 1. The van der Waals surface area contributed by atoms with Gasteiger partial charge < -0.3 is 19.9 Å². The fourth-order valence-electron chi connectivity index (χ4n) is 2.23. The lowest BCUT2D eigenvalue weighted by atomic mass is 10.1. The lowest BCUT2D eigenvalue weighted by Gasteiger charge is -2.12. The van der Waals surface area contributed by atoms with Crippen LogP contribution in [-0.4, -0.2) is 37.5 Å². The van der Waals surface area contributed by atoms with Crippen LogP contribution >= 0.6 is 0 Å². The van der Waals surface area contributed by atoms with Gasteiger partial charge in [-0.25, -0.2) is 4.79 Å². The number of ether oxygens (including phenoxy) is 3. The number of carbonyl (C=O) groups excluding carboxylic acids is 2. The molecule has 0 fully saturated rings. The summed E-state index contributed by atoms with van der Waals surface area (Å²) in [6, 6.07) is 8.12. The SMILES string of the molecule is COc1cc(N)c(C(=O)OCC(=O)c2ccccc2[N+](=O)[O-])cc1OC. The summed E-state index contributed by atoms with van der Waals surface area (Å²) in [5.41, 5.74) is 5.34. The molecule has 0 aliphatic rings. The lowest BCUT2D eigenvalue weighted by Crippen LogP contribution is -2.16. The van der Waals surface area contributed by atoms with Gasteiger partial charge in [-0.1, -0.05) is 12.1 Å². The number of nitrogens with two attached hydrogens (primary N) is 1. The highest BCUT2D eigenvalue weighted by Gasteiger charge is 2.22. The predicted molar refractivity (Wildman–Crippen MR) is 91.7 cm³/mol. The quantitative estimate of drug-likeness (QED) is 0.261. The molecular weight excluding hydrogens is 344 g/mol. The molecule has 0 saturated heterocycles. The van der Waals surface area contributed by atoms with Crippen LogP contribution in [0.25, 0.3) is 0 Å². The maximum Gasteiger partial charge on any atom is 0.340 e. The monoisotopic (exact) mass is 360 g/mol. The van der Waals surface area contributed by atoms with Gasteiger partial charge in [0.1, 0.15) is 0 Å². The van der Waals surface area contributed by atoms with Crippen molar-refractivity contribution in [3.63, 3.8) is 0 Å². The number of nitrogen functional groups attached to an aromatic ring is 1. The number of hydrogen-bond acceptors (Lipinski definition) is 8. The van der Waals surface area contributed by atoms with Crippen LogP contribution < -0.4 is 15.2 Å². The Hall–Kier alpha value is -3.62. The van der Waals surface area contributed by atoms with Crippen LogP contribution in [0.2, 0.25) is 0 Å². The highest BCUT2D eigenvalue weighted by atomic mass is 16.6. The number of methoxy groups -OCH3 is 2. The van der Waals surface area contributed by atoms with Gasteiger partial charge in [0.15, 0.2) is 18.1 Å². The molecule has 9 nitrogen and oxygen atoms in total. The number of Topliss-reactive ketones (excluding diaryl/α,β-unsaturated/α-hetero) is 1. The van der Waals surface area contributed by atoms with Crippen molar-refractivity contribution in [2.45, 2.75) is 0 Å². The van der Waals surface area contributed by atoms with Crippen LogP contribution in [0.3, 0.4) is 0 Å². The van der Waals surface area contributed by atoms with E-state index in [1.165, 1.54) is 50.6 Å². The highest BCUT2D eigenvalue weighted by Crippen LogP contribution is 2.32. The van der Waals surface area contributed by atoms with Crippen molar-refractivity contribution in [2.24, 2.45) is 0 Å². The van der Waals surface area contributed by atoms with Crippen molar-refractivity contribution in [3.05, 3.63) is 57.6 Å². The Morgan fingerprint density at radius 3 is 2.31 bits per heavy atom. The summed E-state index contributed by atoms with van der Waals surface area (Å²) in [6.45, 7) is -0.669. The molecule has 136 valence electrons. The number of esters is 1. The second kappa shape index (κ2) is 7.97. The summed E-state index contributed by atoms with van der Waals surface area (Å²) in [7, 11) is 2.81. The molecule has 0 heterocycles. The number of rotatable bonds is 7. The Balaban J connectivity index is 2.17. The van der Waals surface area contributed by atoms with Crippen LogP contribution in [0, 0.1) is 10.1 Å². The third-order valence-electron chi connectivity index (χ3n) is 3.51. The Bertz CT molecular complexity index is 864. The second-order valence-corrected chi connectivity index (χ2v) is 5.07. The summed E-state index contributed by atoms with van der Waals surface area (Å²) < 4.78 is 15.1. The minimum Gasteiger partial charge on any atom is -0.493 e. The van der Waals surface area contributed by atoms with E-state index in [0.29, 0.717) is 5.75 Å². The molecule has 0 unspecified atom stereocenters. The maximum atomic E-state index is 12.2. The van der Waals surface area contributed by atoms with E-state index in [1.54, 1.807) is 0 Å². The number of nitro groups is 1. The van der Waals surface area contributed by atoms with Crippen molar-refractivity contribution in [1.29, 1.82) is 0 Å². The number of hydrogen-bond donors (Lipinski definition) is 1. The van der Waals surface area contributed by atoms with Gasteiger partial charge in [-0.2, -0.15) is 0 Å². The summed E-state index contributed by atoms with van der Waals surface area (Å²) in [5, 5.41) is 11.0. The van der Waals surface area contributed by atoms with Gasteiger partial charge in [-0.05, 0) is 6.07 Å². The molecule has 2 rings (SSSR count). The van der Waals surface area contributed by atoms with Gasteiger partial charge >= 0.3 is 5.97 Å². The van der Waals surface area contributed by atoms with Gasteiger partial charge in [0.05, 0.1) is 36.0 Å². The fourth-order valence-corrected chi connectivity index (χ4v) is 2.23. The third-order valence-corrected chi connectivity index (χ3v) is 3.51. The van der Waals surface area contributed by atoms with E-state index >= 15 is 0 Å². The Morgan fingerprint density at radius 2 is 1.69 bits per heavy atom. The fraction of sp³-hybridized carbons (Fsp3) is 0.176. The molecule has 0 radical (unpaired) electrons. The molecule has 2 aromatic carbocycles. The van der Waals surface area contributed by atoms with E-state index in [1.807, 2.05) is 0 Å². The number of benzene rings is 2. The zero-order valence-corrected chi connectivity index (χ0v) is 14.1. The molecule has 2 aromatic rings. The number of nitro benzene ring substituents is 1. The summed E-state index contributed by atoms with van der Waals surface area (Å²) >= 11 is 0. The number of nitrogens with zero attached hydrogens (tertiary/aromatic N) is 1. The number of ketones is 1. The Morgan fingerprint density at radius 1 is 1.08 bits per heavy atom. The molecule has 0 saturated carbocycles. The van der Waals surface area contributed by atoms with E-state index < -0.39 is 23.3 Å². The first kappa shape index (κ1) is 18.7. The van der Waals surface area contributed by atoms with Crippen LogP contribution in [-0.2, 0) is 4.74 Å². The van der Waals surface area contributed by atoms with E-state index in [2.05, 4.69) is 0 Å². The minimum atomic E-state index is -0.865. The van der Waals surface area contributed by atoms with Crippen LogP contribution in [0.15, 0.2) is 36.4 Å². The molecule has 2 N–H and O–H groups in total. The molecule has 0 amide bonds. The van der Waals surface area contributed by atoms with Crippen LogP contribution in [0.1, 0.15) is 20.7 Å². The second-order valence-electron chi connectivity index (χ2n) is 5.07. The topological polar surface area (TPSA) is 131 Å². The maximum absolute atomic E-state index is 12.2. The van der Waals surface area contributed by atoms with Crippen molar-refractivity contribution >= 4 is 23.1 Å². The van der Waals surface area contributed by atoms with E-state index in [4.69, 9.17) is 19.9 Å². The molecule has 0 bridgehead atoms. The first-order valence-electron chi connectivity index (χ1n) is 7.34. The molecular formula is C17H16N2O7. The third kappa shape index (κ3) is 3.89. The zero-order chi connectivity index (χ0) is 19.3. The minimum absolute atomic E-state index is 0.0157. The average Bonchev–Trinajstić information content (AvgIpc) is 2.65. The average molecular weight is 360 g/mol. The highest BCUT2D eigenvalue weighted by molar-refractivity contribution is 6.03. The van der Waals surface area contributed by atoms with E-state index in [-0.39, 0.29) is 28.3 Å². The van der Waals surface area contributed by atoms with Gasteiger partial charge in [0.2, 0.25) is 5.78 Å². The van der Waals surface area contributed by atoms with Crippen LogP contribution in [0.4, 0.5) is 11.4 Å². The molecule has 0 spiro atoms. The number of carbonyl (C=O) groups is 2. The summed E-state index contributed by atoms with van der Waals surface area (Å²) in [4.78, 5) is 34.6. The van der Waals surface area contributed by atoms with Gasteiger partial charge in [-0.3, -0.25) is 14.9 Å². The molecule has 26 heavy (non-hydrogen) atoms. The van der Waals surface area contributed by atoms with Crippen LogP contribution in [0.5, 0.6) is 11.5 Å². The zero-order valence-electron chi connectivity index (χ0n) is 14.1. The van der Waals surface area contributed by atoms with Gasteiger partial charge in [-0.15, -0.1) is 0 Å². The number of para-hydroxylation sites is 1. The summed E-state index contributed by atoms with van der Waals surface area (Å²) in [5.74, 6) is -0.976. The largest absolute Gasteiger partial charge is 0.493 e. The van der Waals surface area contributed by atoms with Crippen molar-refractivity contribution in [3.8, 4) is 11.5 Å². The molecule has 0 aromatic heterocycles. The Kier molecular flexibility index (Phi) is 5.74. The normalized spacial score (nSPS) is 10.1. The first-order chi connectivity index (χ1) is 12.4. The molecule has 9 heteroatoms. The van der Waals surface area contributed by atoms with E-state index in [0.717, 1.165) is 0 Å².